The number of benzene rings is 2. The van der Waals surface area contributed by atoms with Gasteiger partial charge in [-0.2, -0.15) is 0 Å². The Morgan fingerprint density at radius 1 is 0.568 bits per heavy atom. The first-order chi connectivity index (χ1) is 21.4. The Bertz CT molecular complexity index is 1030. The van der Waals surface area contributed by atoms with E-state index in [4.69, 9.17) is 33.2 Å². The first kappa shape index (κ1) is 33.6. The molecule has 0 aliphatic carbocycles. The van der Waals surface area contributed by atoms with Crippen molar-refractivity contribution in [2.75, 3.05) is 115 Å². The second kappa shape index (κ2) is 17.9. The first-order valence-electron chi connectivity index (χ1n) is 15.6. The van der Waals surface area contributed by atoms with Crippen molar-refractivity contribution in [1.29, 1.82) is 0 Å². The predicted molar refractivity (Wildman–Crippen MR) is 169 cm³/mol. The molecule has 11 nitrogen and oxygen atoms in total. The highest BCUT2D eigenvalue weighted by molar-refractivity contribution is 5.68. The number of rotatable bonds is 0. The number of hydrogen-bond donors (Lipinski definition) is 0. The zero-order valence-corrected chi connectivity index (χ0v) is 26.5. The number of nitrogens with zero attached hydrogens (tertiary/aromatic N) is 3. The molecular formula is C33H49N3O8. The fraction of sp³-hybridized carbons (Fsp3) is 0.606. The molecule has 3 heterocycles. The average Bonchev–Trinajstić information content (AvgIpc) is 2.99. The van der Waals surface area contributed by atoms with Gasteiger partial charge in [-0.05, 0) is 45.0 Å². The lowest BCUT2D eigenvalue weighted by molar-refractivity contribution is 0.0202. The molecule has 1 amide bonds. The maximum Gasteiger partial charge on any atom is 0.410 e. The van der Waals surface area contributed by atoms with Crippen molar-refractivity contribution in [2.45, 2.75) is 26.4 Å². The molecule has 0 aromatic heterocycles. The van der Waals surface area contributed by atoms with Crippen LogP contribution in [-0.4, -0.2) is 122 Å². The lowest BCUT2D eigenvalue weighted by Crippen LogP contribution is -2.41. The summed E-state index contributed by atoms with van der Waals surface area (Å²) in [6.07, 6.45) is -0.407. The summed E-state index contributed by atoms with van der Waals surface area (Å²) in [5.74, 6) is 1.45. The highest BCUT2D eigenvalue weighted by Crippen LogP contribution is 2.29. The summed E-state index contributed by atoms with van der Waals surface area (Å²) in [6.45, 7) is 13.6. The van der Waals surface area contributed by atoms with Gasteiger partial charge in [0.15, 0.2) is 0 Å². The van der Waals surface area contributed by atoms with Crippen molar-refractivity contribution in [3.05, 3.63) is 48.5 Å². The zero-order chi connectivity index (χ0) is 31.0. The molecule has 2 aromatic rings. The van der Waals surface area contributed by atoms with Gasteiger partial charge in [0.2, 0.25) is 0 Å². The Morgan fingerprint density at radius 2 is 0.955 bits per heavy atom. The summed E-state index contributed by atoms with van der Waals surface area (Å²) >= 11 is 0. The third-order valence-electron chi connectivity index (χ3n) is 7.07. The second-order valence-corrected chi connectivity index (χ2v) is 11.5. The van der Waals surface area contributed by atoms with Crippen LogP contribution >= 0.6 is 0 Å². The van der Waals surface area contributed by atoms with Crippen LogP contribution in [0.2, 0.25) is 0 Å². The molecular weight excluding hydrogens is 566 g/mol. The Morgan fingerprint density at radius 3 is 1.34 bits per heavy atom. The smallest absolute Gasteiger partial charge is 0.410 e. The van der Waals surface area contributed by atoms with Gasteiger partial charge in [0, 0.05) is 26.2 Å². The van der Waals surface area contributed by atoms with E-state index in [1.807, 2.05) is 69.3 Å². The van der Waals surface area contributed by atoms with Crippen LogP contribution in [0.5, 0.6) is 11.5 Å². The highest BCUT2D eigenvalue weighted by Gasteiger charge is 2.23. The predicted octanol–water partition coefficient (Wildman–Crippen LogP) is 4.09. The molecule has 1 saturated heterocycles. The van der Waals surface area contributed by atoms with Crippen LogP contribution in [0.1, 0.15) is 20.8 Å². The van der Waals surface area contributed by atoms with Crippen molar-refractivity contribution in [3.8, 4) is 11.5 Å². The molecule has 3 aliphatic heterocycles. The fourth-order valence-corrected chi connectivity index (χ4v) is 4.88. The molecule has 2 bridgehead atoms. The SMILES string of the molecule is CC(C)(C)OC(=O)N1CCOc2ccccc2N2CCOCCOCCN(CCOCCOCC2)c2ccccc2OCC1. The molecule has 0 atom stereocenters. The summed E-state index contributed by atoms with van der Waals surface area (Å²) in [7, 11) is 0. The minimum atomic E-state index is -0.626. The Balaban J connectivity index is 1.61. The number of hydrogen-bond acceptors (Lipinski definition) is 10. The lowest BCUT2D eigenvalue weighted by atomic mass is 10.2. The molecule has 1 fully saturated rings. The van der Waals surface area contributed by atoms with E-state index in [9.17, 15) is 4.79 Å². The van der Waals surface area contributed by atoms with Crippen LogP contribution in [0.25, 0.3) is 0 Å². The third kappa shape index (κ3) is 11.4. The molecule has 0 unspecified atom stereocenters. The third-order valence-corrected chi connectivity index (χ3v) is 7.07. The van der Waals surface area contributed by atoms with Gasteiger partial charge in [-0.15, -0.1) is 0 Å². The molecule has 44 heavy (non-hydrogen) atoms. The van der Waals surface area contributed by atoms with Gasteiger partial charge >= 0.3 is 6.09 Å². The summed E-state index contributed by atoms with van der Waals surface area (Å²) in [4.78, 5) is 19.2. The van der Waals surface area contributed by atoms with E-state index in [-0.39, 0.29) is 13.2 Å². The summed E-state index contributed by atoms with van der Waals surface area (Å²) in [5.41, 5.74) is 1.26. The maximum absolute atomic E-state index is 13.2. The quantitative estimate of drug-likeness (QED) is 0.404. The van der Waals surface area contributed by atoms with Crippen molar-refractivity contribution >= 4 is 17.5 Å². The Labute approximate surface area is 261 Å². The van der Waals surface area contributed by atoms with Gasteiger partial charge in [0.05, 0.1) is 77.3 Å². The number of ether oxygens (including phenoxy) is 7. The molecule has 5 rings (SSSR count). The molecule has 0 saturated carbocycles. The summed E-state index contributed by atoms with van der Waals surface area (Å²) < 4.78 is 42.1. The average molecular weight is 616 g/mol. The molecule has 3 aliphatic rings. The Kier molecular flexibility index (Phi) is 13.7. The van der Waals surface area contributed by atoms with Crippen LogP contribution in [0.15, 0.2) is 48.5 Å². The van der Waals surface area contributed by atoms with Gasteiger partial charge in [0.1, 0.15) is 30.3 Å². The molecule has 0 N–H and O–H groups in total. The van der Waals surface area contributed by atoms with E-state index in [0.717, 1.165) is 22.9 Å². The molecule has 2 aromatic carbocycles. The van der Waals surface area contributed by atoms with E-state index in [0.29, 0.717) is 92.1 Å². The Hall–Kier alpha value is -3.25. The first-order valence-corrected chi connectivity index (χ1v) is 15.6. The van der Waals surface area contributed by atoms with Crippen LogP contribution in [-0.2, 0) is 23.7 Å². The topological polar surface area (TPSA) is 91.4 Å². The largest absolute Gasteiger partial charge is 0.490 e. The van der Waals surface area contributed by atoms with E-state index >= 15 is 0 Å². The van der Waals surface area contributed by atoms with E-state index in [1.54, 1.807) is 4.90 Å². The molecule has 0 radical (unpaired) electrons. The summed E-state index contributed by atoms with van der Waals surface area (Å²) in [5, 5.41) is 0. The number of carbonyl (C=O) groups is 1. The van der Waals surface area contributed by atoms with Crippen LogP contribution in [0.4, 0.5) is 16.2 Å². The second-order valence-electron chi connectivity index (χ2n) is 11.5. The van der Waals surface area contributed by atoms with E-state index in [1.165, 1.54) is 0 Å². The number of fused-ring (bicyclic) bond motifs is 20. The van der Waals surface area contributed by atoms with Gasteiger partial charge in [-0.1, -0.05) is 24.3 Å². The minimum Gasteiger partial charge on any atom is -0.490 e. The van der Waals surface area contributed by atoms with Crippen molar-refractivity contribution < 1.29 is 38.0 Å². The number of anilines is 2. The highest BCUT2D eigenvalue weighted by atomic mass is 16.6. The van der Waals surface area contributed by atoms with Gasteiger partial charge in [0.25, 0.3) is 0 Å². The summed E-state index contributed by atoms with van der Waals surface area (Å²) in [6, 6.07) is 15.8. The standard InChI is InChI=1S/C33H49N3O8/c1-33(2,3)44-32(37)36-16-22-42-30-10-6-4-8-28(30)34-12-18-38-24-26-40-20-14-35(15-21-41-27-25-39-19-13-34)29-9-5-7-11-31(29)43-23-17-36/h4-11H,12-27H2,1-3H3. The van der Waals surface area contributed by atoms with Gasteiger partial charge < -0.3 is 47.9 Å². The number of para-hydroxylation sites is 4. The van der Waals surface area contributed by atoms with Gasteiger partial charge in [-0.3, -0.25) is 0 Å². The van der Waals surface area contributed by atoms with E-state index in [2.05, 4.69) is 9.80 Å². The fourth-order valence-electron chi connectivity index (χ4n) is 4.88. The molecule has 244 valence electrons. The van der Waals surface area contributed by atoms with Gasteiger partial charge in [-0.25, -0.2) is 4.79 Å². The monoisotopic (exact) mass is 615 g/mol. The minimum absolute atomic E-state index is 0.288. The normalized spacial score (nSPS) is 19.1. The molecule has 11 heteroatoms. The van der Waals surface area contributed by atoms with Crippen LogP contribution in [0, 0.1) is 0 Å². The maximum atomic E-state index is 13.2. The molecule has 0 spiro atoms. The van der Waals surface area contributed by atoms with Crippen LogP contribution in [0.3, 0.4) is 0 Å². The van der Waals surface area contributed by atoms with Crippen molar-refractivity contribution in [2.24, 2.45) is 0 Å². The number of carbonyl (C=O) groups excluding carboxylic acids is 1. The van der Waals surface area contributed by atoms with E-state index < -0.39 is 11.7 Å². The van der Waals surface area contributed by atoms with Crippen LogP contribution < -0.4 is 19.3 Å². The zero-order valence-electron chi connectivity index (χ0n) is 26.5. The van der Waals surface area contributed by atoms with Crippen molar-refractivity contribution in [1.82, 2.24) is 4.90 Å². The lowest BCUT2D eigenvalue weighted by Gasteiger charge is -2.29. The number of amides is 1. The van der Waals surface area contributed by atoms with Crippen molar-refractivity contribution in [3.63, 3.8) is 0 Å².